The molecule has 2 atom stereocenters. The number of carbonyl (C=O) groups is 3. The van der Waals surface area contributed by atoms with Gasteiger partial charge in [-0.05, 0) is 23.1 Å². The van der Waals surface area contributed by atoms with E-state index in [1.807, 2.05) is 37.3 Å². The zero-order valence-electron chi connectivity index (χ0n) is 21.7. The minimum atomic E-state index is -4.36. The van der Waals surface area contributed by atoms with E-state index in [-0.39, 0.29) is 19.6 Å². The zero-order valence-corrected chi connectivity index (χ0v) is 21.7. The number of hydroxylamine groups is 1. The minimum absolute atomic E-state index is 0.167. The Labute approximate surface area is 226 Å². The van der Waals surface area contributed by atoms with Crippen LogP contribution in [0.1, 0.15) is 36.5 Å². The number of nitrogens with one attached hydrogen (secondary N) is 3. The van der Waals surface area contributed by atoms with E-state index >= 15 is 8.78 Å². The third kappa shape index (κ3) is 9.08. The molecule has 0 aliphatic carbocycles. The van der Waals surface area contributed by atoms with Crippen LogP contribution < -0.4 is 16.1 Å². The summed E-state index contributed by atoms with van der Waals surface area (Å²) in [7, 11) is 0. The van der Waals surface area contributed by atoms with Crippen LogP contribution in [0, 0.1) is 0 Å². The molecule has 0 aliphatic heterocycles. The smallest absolute Gasteiger partial charge is 0.346 e. The lowest BCUT2D eigenvalue weighted by Gasteiger charge is -2.25. The van der Waals surface area contributed by atoms with Crippen LogP contribution in [0.5, 0.6) is 0 Å². The molecule has 0 saturated heterocycles. The monoisotopic (exact) mass is 537 g/mol. The number of alkyl halides is 2. The van der Waals surface area contributed by atoms with Gasteiger partial charge in [0.1, 0.15) is 6.04 Å². The lowest BCUT2D eigenvalue weighted by molar-refractivity contribution is -0.160. The quantitative estimate of drug-likeness (QED) is 0.200. The average Bonchev–Trinajstić information content (AvgIpc) is 2.96. The Bertz CT molecular complexity index is 1190. The first kappa shape index (κ1) is 29.6. The fourth-order valence-corrected chi connectivity index (χ4v) is 3.88. The van der Waals surface area contributed by atoms with Crippen molar-refractivity contribution in [2.24, 2.45) is 0 Å². The largest absolute Gasteiger partial charge is 0.383 e. The molecule has 3 rings (SSSR count). The van der Waals surface area contributed by atoms with Crippen LogP contribution in [-0.2, 0) is 38.8 Å². The number of halogens is 2. The molecule has 9 heteroatoms. The van der Waals surface area contributed by atoms with Gasteiger partial charge in [0.15, 0.2) is 0 Å². The van der Waals surface area contributed by atoms with Gasteiger partial charge in [-0.15, -0.1) is 0 Å². The Morgan fingerprint density at radius 2 is 1.33 bits per heavy atom. The van der Waals surface area contributed by atoms with E-state index < -0.39 is 35.6 Å². The van der Waals surface area contributed by atoms with Crippen molar-refractivity contribution in [1.82, 2.24) is 16.1 Å². The summed E-state index contributed by atoms with van der Waals surface area (Å²) in [5.41, 5.74) is 4.72. The van der Waals surface area contributed by atoms with Gasteiger partial charge in [-0.1, -0.05) is 104 Å². The molecule has 3 aromatic carbocycles. The Morgan fingerprint density at radius 3 is 1.90 bits per heavy atom. The van der Waals surface area contributed by atoms with Gasteiger partial charge in [0, 0.05) is 13.0 Å². The molecule has 7 nitrogen and oxygen atoms in total. The number of benzene rings is 3. The van der Waals surface area contributed by atoms with Gasteiger partial charge in [0.05, 0.1) is 12.6 Å². The van der Waals surface area contributed by atoms with Crippen LogP contribution in [0.3, 0.4) is 0 Å². The second-order valence-electron chi connectivity index (χ2n) is 9.09. The molecule has 0 fully saturated rings. The molecule has 0 spiro atoms. The molecule has 39 heavy (non-hydrogen) atoms. The third-order valence-corrected chi connectivity index (χ3v) is 6.01. The van der Waals surface area contributed by atoms with Crippen molar-refractivity contribution in [3.8, 4) is 0 Å². The highest BCUT2D eigenvalue weighted by molar-refractivity contribution is 6.10. The number of hydrogen-bond acceptors (Lipinski definition) is 5. The van der Waals surface area contributed by atoms with Crippen LogP contribution in [0.2, 0.25) is 0 Å². The second-order valence-corrected chi connectivity index (χ2v) is 9.09. The Morgan fingerprint density at radius 1 is 0.795 bits per heavy atom. The standard InChI is InChI=1S/C30H33F2N3O4/c1-2-12-25(35-39-21-24-17-10-5-11-18-24)28(37)34-26(19-22-13-6-3-7-14-22)27(36)30(31,32)29(38)33-20-23-15-8-4-9-16-23/h3-11,13-18,25-26,35H,2,12,19-21H2,1H3,(H,33,38)(H,34,37)/t25-,26?/m0/s1. The molecule has 0 saturated carbocycles. The van der Waals surface area contributed by atoms with Crippen molar-refractivity contribution in [2.75, 3.05) is 0 Å². The van der Waals surface area contributed by atoms with Gasteiger partial charge in [0.25, 0.3) is 5.91 Å². The summed E-state index contributed by atoms with van der Waals surface area (Å²) in [6, 6.07) is 23.7. The maximum Gasteiger partial charge on any atom is 0.383 e. The maximum absolute atomic E-state index is 15.1. The fourth-order valence-electron chi connectivity index (χ4n) is 3.88. The van der Waals surface area contributed by atoms with Crippen molar-refractivity contribution in [1.29, 1.82) is 0 Å². The van der Waals surface area contributed by atoms with Crippen LogP contribution in [0.25, 0.3) is 0 Å². The molecule has 0 bridgehead atoms. The van der Waals surface area contributed by atoms with Gasteiger partial charge in [-0.25, -0.2) is 0 Å². The van der Waals surface area contributed by atoms with Crippen molar-refractivity contribution in [3.05, 3.63) is 108 Å². The van der Waals surface area contributed by atoms with E-state index in [0.717, 1.165) is 5.56 Å². The average molecular weight is 538 g/mol. The molecule has 1 unspecified atom stereocenters. The first-order chi connectivity index (χ1) is 18.8. The minimum Gasteiger partial charge on any atom is -0.346 e. The first-order valence-electron chi connectivity index (χ1n) is 12.8. The predicted molar refractivity (Wildman–Crippen MR) is 143 cm³/mol. The number of carbonyl (C=O) groups excluding carboxylic acids is 3. The molecule has 0 aliphatic rings. The van der Waals surface area contributed by atoms with Crippen LogP contribution in [0.4, 0.5) is 8.78 Å². The molecule has 3 N–H and O–H groups in total. The molecule has 0 aromatic heterocycles. The molecule has 206 valence electrons. The second kappa shape index (κ2) is 14.8. The summed E-state index contributed by atoms with van der Waals surface area (Å²) in [4.78, 5) is 44.1. The van der Waals surface area contributed by atoms with E-state index in [1.54, 1.807) is 60.7 Å². The van der Waals surface area contributed by atoms with Crippen molar-refractivity contribution in [2.45, 2.75) is 57.3 Å². The van der Waals surface area contributed by atoms with Crippen molar-refractivity contribution >= 4 is 17.6 Å². The number of ketones is 1. The molecule has 0 heterocycles. The predicted octanol–water partition coefficient (Wildman–Crippen LogP) is 4.12. The van der Waals surface area contributed by atoms with Crippen LogP contribution in [-0.4, -0.2) is 35.6 Å². The normalized spacial score (nSPS) is 12.8. The Hall–Kier alpha value is -3.95. The molecular weight excluding hydrogens is 504 g/mol. The maximum atomic E-state index is 15.1. The third-order valence-electron chi connectivity index (χ3n) is 6.01. The highest BCUT2D eigenvalue weighted by Gasteiger charge is 2.50. The molecule has 3 aromatic rings. The summed E-state index contributed by atoms with van der Waals surface area (Å²) in [6.07, 6.45) is 0.715. The van der Waals surface area contributed by atoms with Gasteiger partial charge in [-0.3, -0.25) is 19.2 Å². The van der Waals surface area contributed by atoms with Gasteiger partial charge in [-0.2, -0.15) is 14.3 Å². The summed E-state index contributed by atoms with van der Waals surface area (Å²) in [5, 5.41) is 4.57. The van der Waals surface area contributed by atoms with Crippen LogP contribution >= 0.6 is 0 Å². The zero-order chi connectivity index (χ0) is 28.1. The number of hydrogen-bond donors (Lipinski definition) is 3. The van der Waals surface area contributed by atoms with Crippen molar-refractivity contribution in [3.63, 3.8) is 0 Å². The summed E-state index contributed by atoms with van der Waals surface area (Å²) < 4.78 is 30.2. The first-order valence-corrected chi connectivity index (χ1v) is 12.8. The van der Waals surface area contributed by atoms with Gasteiger partial charge < -0.3 is 10.6 Å². The van der Waals surface area contributed by atoms with E-state index in [0.29, 0.717) is 24.0 Å². The molecule has 2 amide bonds. The SMILES string of the molecule is CCC[C@H](NOCc1ccccc1)C(=O)NC(Cc1ccccc1)C(=O)C(F)(F)C(=O)NCc1ccccc1. The van der Waals surface area contributed by atoms with E-state index in [2.05, 4.69) is 16.1 Å². The summed E-state index contributed by atoms with van der Waals surface area (Å²) in [6.45, 7) is 1.87. The van der Waals surface area contributed by atoms with Crippen molar-refractivity contribution < 1.29 is 28.0 Å². The number of amides is 2. The van der Waals surface area contributed by atoms with E-state index in [1.165, 1.54) is 0 Å². The fraction of sp³-hybridized carbons (Fsp3) is 0.300. The lowest BCUT2D eigenvalue weighted by Crippen LogP contribution is -2.57. The molecular formula is C30H33F2N3O4. The van der Waals surface area contributed by atoms with E-state index in [9.17, 15) is 14.4 Å². The Balaban J connectivity index is 1.71. The summed E-state index contributed by atoms with van der Waals surface area (Å²) in [5.74, 6) is -8.46. The number of Topliss-reactive ketones (excluding diaryl/α,β-unsaturated/α-hetero) is 1. The van der Waals surface area contributed by atoms with E-state index in [4.69, 9.17) is 4.84 Å². The lowest BCUT2D eigenvalue weighted by atomic mass is 9.97. The Kier molecular flexibility index (Phi) is 11.3. The molecule has 0 radical (unpaired) electrons. The van der Waals surface area contributed by atoms with Crippen LogP contribution in [0.15, 0.2) is 91.0 Å². The van der Waals surface area contributed by atoms with Gasteiger partial charge in [0.2, 0.25) is 11.7 Å². The highest BCUT2D eigenvalue weighted by atomic mass is 19.3. The summed E-state index contributed by atoms with van der Waals surface area (Å²) >= 11 is 0. The highest BCUT2D eigenvalue weighted by Crippen LogP contribution is 2.20. The van der Waals surface area contributed by atoms with Gasteiger partial charge >= 0.3 is 5.92 Å². The number of rotatable bonds is 15. The topological polar surface area (TPSA) is 96.5 Å².